The Hall–Kier alpha value is -1.38. The summed E-state index contributed by atoms with van der Waals surface area (Å²) in [5.41, 5.74) is 0.841. The van der Waals surface area contributed by atoms with Crippen molar-refractivity contribution in [3.8, 4) is 0 Å². The van der Waals surface area contributed by atoms with Crippen LogP contribution in [0.3, 0.4) is 0 Å². The van der Waals surface area contributed by atoms with Crippen molar-refractivity contribution in [3.05, 3.63) is 33.8 Å². The van der Waals surface area contributed by atoms with Gasteiger partial charge in [-0.05, 0) is 31.5 Å². The van der Waals surface area contributed by atoms with E-state index >= 15 is 0 Å². The number of piperazine rings is 1. The highest BCUT2D eigenvalue weighted by Crippen LogP contribution is 2.26. The lowest BCUT2D eigenvalue weighted by Crippen LogP contribution is -2.55. The number of rotatable bonds is 6. The van der Waals surface area contributed by atoms with Crippen molar-refractivity contribution in [2.45, 2.75) is 25.9 Å². The van der Waals surface area contributed by atoms with E-state index in [1.807, 2.05) is 24.8 Å². The highest BCUT2D eigenvalue weighted by molar-refractivity contribution is 6.35. The van der Waals surface area contributed by atoms with Gasteiger partial charge < -0.3 is 15.0 Å². The largest absolute Gasteiger partial charge is 0.378 e. The third-order valence-corrected chi connectivity index (χ3v) is 6.41. The van der Waals surface area contributed by atoms with Crippen LogP contribution in [-0.4, -0.2) is 91.6 Å². The van der Waals surface area contributed by atoms with E-state index in [1.54, 1.807) is 12.1 Å². The van der Waals surface area contributed by atoms with Gasteiger partial charge in [-0.1, -0.05) is 29.3 Å². The van der Waals surface area contributed by atoms with Crippen LogP contribution in [0.25, 0.3) is 0 Å². The molecule has 2 aliphatic heterocycles. The molecule has 1 N–H and O–H groups in total. The van der Waals surface area contributed by atoms with E-state index in [0.29, 0.717) is 42.9 Å². The van der Waals surface area contributed by atoms with Crippen molar-refractivity contribution in [3.63, 3.8) is 0 Å². The van der Waals surface area contributed by atoms with Crippen LogP contribution < -0.4 is 5.32 Å². The summed E-state index contributed by atoms with van der Waals surface area (Å²) in [4.78, 5) is 31.4. The molecule has 0 spiro atoms. The molecular formula is C21H30Cl2N4O3. The van der Waals surface area contributed by atoms with Gasteiger partial charge in [0.25, 0.3) is 0 Å². The van der Waals surface area contributed by atoms with Crippen molar-refractivity contribution in [2.24, 2.45) is 0 Å². The van der Waals surface area contributed by atoms with E-state index in [4.69, 9.17) is 27.9 Å². The first kappa shape index (κ1) is 23.3. The average Bonchev–Trinajstić information content (AvgIpc) is 2.74. The molecule has 0 aliphatic carbocycles. The zero-order chi connectivity index (χ0) is 21.7. The number of carbonyl (C=O) groups excluding carboxylic acids is 2. The molecule has 1 aromatic carbocycles. The lowest BCUT2D eigenvalue weighted by molar-refractivity contribution is -0.137. The fourth-order valence-corrected chi connectivity index (χ4v) is 4.42. The van der Waals surface area contributed by atoms with Crippen molar-refractivity contribution >= 4 is 35.0 Å². The molecule has 9 heteroatoms. The van der Waals surface area contributed by atoms with Crippen molar-refractivity contribution < 1.29 is 14.3 Å². The predicted octanol–water partition coefficient (Wildman–Crippen LogP) is 2.04. The monoisotopic (exact) mass is 456 g/mol. The number of hydrogen-bond donors (Lipinski definition) is 1. The van der Waals surface area contributed by atoms with Crippen LogP contribution in [0.4, 0.5) is 0 Å². The number of benzene rings is 1. The Morgan fingerprint density at radius 2 is 1.73 bits per heavy atom. The number of halogens is 2. The van der Waals surface area contributed by atoms with Gasteiger partial charge >= 0.3 is 0 Å². The minimum Gasteiger partial charge on any atom is -0.378 e. The van der Waals surface area contributed by atoms with Gasteiger partial charge in [0.05, 0.1) is 31.8 Å². The zero-order valence-corrected chi connectivity index (χ0v) is 19.1. The number of amides is 2. The number of nitrogens with one attached hydrogen (secondary N) is 1. The summed E-state index contributed by atoms with van der Waals surface area (Å²) >= 11 is 12.2. The molecule has 2 heterocycles. The molecule has 7 nitrogen and oxygen atoms in total. The smallest absolute Gasteiger partial charge is 0.237 e. The summed E-state index contributed by atoms with van der Waals surface area (Å²) < 4.78 is 5.30. The molecule has 2 unspecified atom stereocenters. The normalized spacial score (nSPS) is 20.6. The van der Waals surface area contributed by atoms with E-state index in [-0.39, 0.29) is 23.9 Å². The topological polar surface area (TPSA) is 65.1 Å². The molecule has 2 fully saturated rings. The molecule has 2 atom stereocenters. The van der Waals surface area contributed by atoms with Crippen LogP contribution >= 0.6 is 23.2 Å². The Morgan fingerprint density at radius 3 is 2.37 bits per heavy atom. The quantitative estimate of drug-likeness (QED) is 0.709. The van der Waals surface area contributed by atoms with Gasteiger partial charge in [0.15, 0.2) is 0 Å². The Morgan fingerprint density at radius 1 is 1.07 bits per heavy atom. The van der Waals surface area contributed by atoms with Crippen molar-refractivity contribution in [1.82, 2.24) is 20.0 Å². The molecular weight excluding hydrogens is 427 g/mol. The molecule has 2 amide bonds. The second kappa shape index (κ2) is 10.8. The molecule has 0 saturated carbocycles. The van der Waals surface area contributed by atoms with E-state index in [1.165, 1.54) is 0 Å². The van der Waals surface area contributed by atoms with Crippen molar-refractivity contribution in [2.75, 3.05) is 59.0 Å². The fourth-order valence-electron chi connectivity index (χ4n) is 3.84. The molecule has 0 aromatic heterocycles. The third-order valence-electron chi connectivity index (χ3n) is 5.84. The number of nitrogens with zero attached hydrogens (tertiary/aromatic N) is 3. The van der Waals surface area contributed by atoms with Crippen LogP contribution in [0.2, 0.25) is 10.0 Å². The van der Waals surface area contributed by atoms with Gasteiger partial charge in [-0.2, -0.15) is 0 Å². The maximum atomic E-state index is 12.8. The van der Waals surface area contributed by atoms with Gasteiger partial charge in [-0.3, -0.25) is 19.4 Å². The Labute approximate surface area is 188 Å². The first-order chi connectivity index (χ1) is 14.3. The van der Waals surface area contributed by atoms with Crippen LogP contribution in [0.5, 0.6) is 0 Å². The standard InChI is InChI=1S/C21H30Cl2N4O3/c1-15(18-4-3-17(22)13-19(18)23)24-21(29)16(2)26-7-5-25(6-8-26)14-20(28)27-9-11-30-12-10-27/h3-4,13,15-16H,5-12,14H2,1-2H3,(H,24,29). The second-order valence-electron chi connectivity index (χ2n) is 7.88. The summed E-state index contributed by atoms with van der Waals surface area (Å²) in [6.45, 7) is 9.88. The second-order valence-corrected chi connectivity index (χ2v) is 8.72. The maximum Gasteiger partial charge on any atom is 0.237 e. The highest BCUT2D eigenvalue weighted by Gasteiger charge is 2.28. The molecule has 1 aromatic rings. The van der Waals surface area contributed by atoms with Gasteiger partial charge in [-0.15, -0.1) is 0 Å². The zero-order valence-electron chi connectivity index (χ0n) is 17.6. The lowest BCUT2D eigenvalue weighted by atomic mass is 10.1. The highest BCUT2D eigenvalue weighted by atomic mass is 35.5. The maximum absolute atomic E-state index is 12.8. The van der Waals surface area contributed by atoms with Crippen LogP contribution in [0.15, 0.2) is 18.2 Å². The van der Waals surface area contributed by atoms with Crippen LogP contribution in [-0.2, 0) is 14.3 Å². The molecule has 166 valence electrons. The van der Waals surface area contributed by atoms with Crippen LogP contribution in [0.1, 0.15) is 25.5 Å². The molecule has 3 rings (SSSR count). The Balaban J connectivity index is 1.45. The summed E-state index contributed by atoms with van der Waals surface area (Å²) in [5, 5.41) is 4.16. The van der Waals surface area contributed by atoms with Gasteiger partial charge in [0, 0.05) is 49.3 Å². The van der Waals surface area contributed by atoms with E-state index in [2.05, 4.69) is 15.1 Å². The number of hydrogen-bond acceptors (Lipinski definition) is 5. The fraction of sp³-hybridized carbons (Fsp3) is 0.619. The predicted molar refractivity (Wildman–Crippen MR) is 118 cm³/mol. The van der Waals surface area contributed by atoms with Gasteiger partial charge in [-0.25, -0.2) is 0 Å². The minimum atomic E-state index is -0.254. The summed E-state index contributed by atoms with van der Waals surface area (Å²) in [6.07, 6.45) is 0. The van der Waals surface area contributed by atoms with Gasteiger partial charge in [0.1, 0.15) is 0 Å². The summed E-state index contributed by atoms with van der Waals surface area (Å²) in [7, 11) is 0. The van der Waals surface area contributed by atoms with Crippen LogP contribution in [0, 0.1) is 0 Å². The van der Waals surface area contributed by atoms with Gasteiger partial charge in [0.2, 0.25) is 11.8 Å². The summed E-state index contributed by atoms with van der Waals surface area (Å²) in [5.74, 6) is 0.123. The number of carbonyl (C=O) groups is 2. The first-order valence-electron chi connectivity index (χ1n) is 10.4. The van der Waals surface area contributed by atoms with E-state index < -0.39 is 0 Å². The molecule has 0 bridgehead atoms. The van der Waals surface area contributed by atoms with Crippen molar-refractivity contribution in [1.29, 1.82) is 0 Å². The number of morpholine rings is 1. The first-order valence-corrected chi connectivity index (χ1v) is 11.2. The minimum absolute atomic E-state index is 0.0358. The SMILES string of the molecule is CC(NC(=O)C(C)N1CCN(CC(=O)N2CCOCC2)CC1)c1ccc(Cl)cc1Cl. The molecule has 0 radical (unpaired) electrons. The molecule has 2 saturated heterocycles. The summed E-state index contributed by atoms with van der Waals surface area (Å²) in [6, 6.07) is 4.83. The lowest BCUT2D eigenvalue weighted by Gasteiger charge is -2.38. The number of ether oxygens (including phenoxy) is 1. The Kier molecular flexibility index (Phi) is 8.36. The van der Waals surface area contributed by atoms with E-state index in [0.717, 1.165) is 31.7 Å². The molecule has 30 heavy (non-hydrogen) atoms. The van der Waals surface area contributed by atoms with E-state index in [9.17, 15) is 9.59 Å². The third kappa shape index (κ3) is 6.08. The molecule has 2 aliphatic rings. The Bertz CT molecular complexity index is 750. The average molecular weight is 457 g/mol.